The van der Waals surface area contributed by atoms with Gasteiger partial charge >= 0.3 is 12.4 Å². The van der Waals surface area contributed by atoms with Crippen molar-refractivity contribution in [2.45, 2.75) is 31.5 Å². The molecule has 0 saturated carbocycles. The van der Waals surface area contributed by atoms with Gasteiger partial charge in [-0.2, -0.15) is 26.3 Å². The molecule has 8 heteroatoms. The smallest absolute Gasteiger partial charge is 0.391 e. The van der Waals surface area contributed by atoms with Crippen LogP contribution in [0.15, 0.2) is 0 Å². The molecule has 0 aliphatic carbocycles. The monoisotopic (exact) mass is 226 g/mol. The Hall–Kier alpha value is -0.500. The molecule has 0 rings (SSSR count). The van der Waals surface area contributed by atoms with E-state index in [0.717, 1.165) is 6.92 Å². The van der Waals surface area contributed by atoms with Crippen molar-refractivity contribution in [3.63, 3.8) is 0 Å². The first-order valence-electron chi connectivity index (χ1n) is 3.48. The summed E-state index contributed by atoms with van der Waals surface area (Å²) in [6.45, 7) is -0.00645. The summed E-state index contributed by atoms with van der Waals surface area (Å²) in [5, 5.41) is 8.47. The highest BCUT2D eigenvalue weighted by atomic mass is 19.4. The summed E-state index contributed by atoms with van der Waals surface area (Å²) >= 11 is 0. The molecule has 0 aromatic rings. The molecule has 0 radical (unpaired) electrons. The molecule has 0 aliphatic rings. The summed E-state index contributed by atoms with van der Waals surface area (Å²) in [6, 6.07) is 0. The highest BCUT2D eigenvalue weighted by Gasteiger charge is 2.57. The third-order valence-electron chi connectivity index (χ3n) is 1.10. The Morgan fingerprint density at radius 2 is 1.43 bits per heavy atom. The van der Waals surface area contributed by atoms with E-state index in [1.54, 1.807) is 0 Å². The SMILES string of the molecule is C[C@H](O)COC(C(F)(F)F)C(F)(F)F. The van der Waals surface area contributed by atoms with Gasteiger partial charge in [0.25, 0.3) is 0 Å². The van der Waals surface area contributed by atoms with E-state index in [2.05, 4.69) is 4.74 Å². The minimum atomic E-state index is -5.52. The van der Waals surface area contributed by atoms with Crippen molar-refractivity contribution in [3.8, 4) is 0 Å². The molecule has 0 saturated heterocycles. The molecular formula is C6H8F6O2. The highest BCUT2D eigenvalue weighted by molar-refractivity contribution is 4.76. The lowest BCUT2D eigenvalue weighted by atomic mass is 10.3. The molecule has 0 heterocycles. The maximum Gasteiger partial charge on any atom is 0.423 e. The molecule has 0 amide bonds. The highest BCUT2D eigenvalue weighted by Crippen LogP contribution is 2.35. The summed E-state index contributed by atoms with van der Waals surface area (Å²) in [5.74, 6) is 0. The second kappa shape index (κ2) is 4.35. The van der Waals surface area contributed by atoms with Gasteiger partial charge in [0.15, 0.2) is 0 Å². The van der Waals surface area contributed by atoms with Crippen molar-refractivity contribution < 1.29 is 36.2 Å². The van der Waals surface area contributed by atoms with E-state index in [4.69, 9.17) is 5.11 Å². The normalized spacial score (nSPS) is 16.1. The van der Waals surface area contributed by atoms with Crippen LogP contribution in [-0.4, -0.2) is 36.3 Å². The number of ether oxygens (including phenoxy) is 1. The zero-order valence-electron chi connectivity index (χ0n) is 6.99. The lowest BCUT2D eigenvalue weighted by Crippen LogP contribution is -2.45. The minimum Gasteiger partial charge on any atom is -0.391 e. The average Bonchev–Trinajstić information content (AvgIpc) is 1.78. The second-order valence-corrected chi connectivity index (χ2v) is 2.65. The van der Waals surface area contributed by atoms with Crippen LogP contribution in [0.2, 0.25) is 0 Å². The first kappa shape index (κ1) is 13.5. The summed E-state index contributed by atoms with van der Waals surface area (Å²) < 4.78 is 74.0. The molecule has 14 heavy (non-hydrogen) atoms. The van der Waals surface area contributed by atoms with E-state index in [0.29, 0.717) is 0 Å². The Balaban J connectivity index is 4.44. The van der Waals surface area contributed by atoms with Crippen LogP contribution in [0, 0.1) is 0 Å². The van der Waals surface area contributed by atoms with Crippen molar-refractivity contribution >= 4 is 0 Å². The quantitative estimate of drug-likeness (QED) is 0.744. The van der Waals surface area contributed by atoms with E-state index in [1.165, 1.54) is 0 Å². The molecule has 0 bridgehead atoms. The van der Waals surface area contributed by atoms with Crippen LogP contribution >= 0.6 is 0 Å². The Morgan fingerprint density at radius 3 is 1.64 bits per heavy atom. The van der Waals surface area contributed by atoms with Crippen molar-refractivity contribution in [2.24, 2.45) is 0 Å². The van der Waals surface area contributed by atoms with Crippen LogP contribution < -0.4 is 0 Å². The van der Waals surface area contributed by atoms with Crippen molar-refractivity contribution in [3.05, 3.63) is 0 Å². The molecule has 1 N–H and O–H groups in total. The molecule has 2 nitrogen and oxygen atoms in total. The van der Waals surface area contributed by atoms with Crippen molar-refractivity contribution in [1.82, 2.24) is 0 Å². The average molecular weight is 226 g/mol. The number of hydrogen-bond donors (Lipinski definition) is 1. The van der Waals surface area contributed by atoms with Gasteiger partial charge < -0.3 is 9.84 Å². The standard InChI is InChI=1S/C6H8F6O2/c1-3(13)2-14-4(5(7,8)9)6(10,11)12/h3-4,13H,2H2,1H3/t3-/m0/s1. The fourth-order valence-electron chi connectivity index (χ4n) is 0.610. The van der Waals surface area contributed by atoms with Gasteiger partial charge in [-0.15, -0.1) is 0 Å². The van der Waals surface area contributed by atoms with E-state index in [1.807, 2.05) is 0 Å². The maximum atomic E-state index is 11.7. The lowest BCUT2D eigenvalue weighted by Gasteiger charge is -2.23. The third-order valence-corrected chi connectivity index (χ3v) is 1.10. The van der Waals surface area contributed by atoms with Gasteiger partial charge in [0, 0.05) is 0 Å². The topological polar surface area (TPSA) is 29.5 Å². The predicted molar refractivity (Wildman–Crippen MR) is 33.5 cm³/mol. The molecule has 0 fully saturated rings. The Bertz CT molecular complexity index is 158. The minimum absolute atomic E-state index is 1.02. The van der Waals surface area contributed by atoms with Crippen LogP contribution in [0.4, 0.5) is 26.3 Å². The van der Waals surface area contributed by atoms with E-state index >= 15 is 0 Å². The third kappa shape index (κ3) is 4.66. The molecule has 86 valence electrons. The van der Waals surface area contributed by atoms with Crippen LogP contribution in [0.3, 0.4) is 0 Å². The molecular weight excluding hydrogens is 218 g/mol. The van der Waals surface area contributed by atoms with Crippen molar-refractivity contribution in [2.75, 3.05) is 6.61 Å². The van der Waals surface area contributed by atoms with Crippen LogP contribution in [0.1, 0.15) is 6.92 Å². The number of hydrogen-bond acceptors (Lipinski definition) is 2. The Labute approximate surface area is 75.5 Å². The number of aliphatic hydroxyl groups excluding tert-OH is 1. The van der Waals surface area contributed by atoms with Crippen molar-refractivity contribution in [1.29, 1.82) is 0 Å². The number of alkyl halides is 6. The summed E-state index contributed by atoms with van der Waals surface area (Å²) in [4.78, 5) is 0. The van der Waals surface area contributed by atoms with Gasteiger partial charge in [0.05, 0.1) is 12.7 Å². The molecule has 0 unspecified atom stereocenters. The first-order chi connectivity index (χ1) is 6.05. The summed E-state index contributed by atoms with van der Waals surface area (Å²) in [6.07, 6.45) is -16.3. The van der Waals surface area contributed by atoms with E-state index in [-0.39, 0.29) is 0 Å². The molecule has 0 aromatic heterocycles. The second-order valence-electron chi connectivity index (χ2n) is 2.65. The fourth-order valence-corrected chi connectivity index (χ4v) is 0.610. The molecule has 0 aromatic carbocycles. The molecule has 0 aliphatic heterocycles. The van der Waals surface area contributed by atoms with Gasteiger partial charge in [-0.3, -0.25) is 0 Å². The Morgan fingerprint density at radius 1 is 1.07 bits per heavy atom. The summed E-state index contributed by atoms with van der Waals surface area (Å²) in [7, 11) is 0. The van der Waals surface area contributed by atoms with Crippen LogP contribution in [0.5, 0.6) is 0 Å². The molecule has 0 spiro atoms. The van der Waals surface area contributed by atoms with Gasteiger partial charge in [-0.25, -0.2) is 0 Å². The lowest BCUT2D eigenvalue weighted by molar-refractivity contribution is -0.324. The summed E-state index contributed by atoms with van der Waals surface area (Å²) in [5.41, 5.74) is 0. The number of halogens is 6. The fraction of sp³-hybridized carbons (Fsp3) is 1.00. The number of rotatable bonds is 3. The van der Waals surface area contributed by atoms with E-state index < -0.39 is 31.2 Å². The first-order valence-corrected chi connectivity index (χ1v) is 3.48. The van der Waals surface area contributed by atoms with Crippen LogP contribution in [-0.2, 0) is 4.74 Å². The largest absolute Gasteiger partial charge is 0.423 e. The van der Waals surface area contributed by atoms with Gasteiger partial charge in [-0.05, 0) is 6.92 Å². The Kier molecular flexibility index (Phi) is 4.19. The predicted octanol–water partition coefficient (Wildman–Crippen LogP) is 1.88. The zero-order valence-corrected chi connectivity index (χ0v) is 6.99. The van der Waals surface area contributed by atoms with Crippen LogP contribution in [0.25, 0.3) is 0 Å². The van der Waals surface area contributed by atoms with Gasteiger partial charge in [0.2, 0.25) is 6.10 Å². The van der Waals surface area contributed by atoms with Gasteiger partial charge in [0.1, 0.15) is 0 Å². The van der Waals surface area contributed by atoms with E-state index in [9.17, 15) is 26.3 Å². The maximum absolute atomic E-state index is 11.7. The van der Waals surface area contributed by atoms with Gasteiger partial charge in [-0.1, -0.05) is 0 Å². The molecule has 1 atom stereocenters. The zero-order chi connectivity index (χ0) is 11.6. The number of aliphatic hydroxyl groups is 1.